The zero-order valence-corrected chi connectivity index (χ0v) is 14.9. The van der Waals surface area contributed by atoms with Gasteiger partial charge in [-0.05, 0) is 36.9 Å². The first-order chi connectivity index (χ1) is 12.1. The molecule has 1 aliphatic rings. The van der Waals surface area contributed by atoms with E-state index in [-0.39, 0.29) is 11.7 Å². The summed E-state index contributed by atoms with van der Waals surface area (Å²) in [5, 5.41) is 0.626. The van der Waals surface area contributed by atoms with Crippen LogP contribution in [0.1, 0.15) is 24.0 Å². The smallest absolute Gasteiger partial charge is 0.174 e. The van der Waals surface area contributed by atoms with Crippen molar-refractivity contribution in [1.29, 1.82) is 0 Å². The average molecular weight is 354 g/mol. The number of halogens is 1. The lowest BCUT2D eigenvalue weighted by Crippen LogP contribution is -2.31. The monoisotopic (exact) mass is 353 g/mol. The molecule has 0 N–H and O–H groups in total. The van der Waals surface area contributed by atoms with Crippen LogP contribution in [0.15, 0.2) is 67.5 Å². The van der Waals surface area contributed by atoms with Crippen LogP contribution in [0.2, 0.25) is 5.02 Å². The van der Waals surface area contributed by atoms with Crippen LogP contribution in [0.5, 0.6) is 5.75 Å². The average Bonchev–Trinajstić information content (AvgIpc) is 2.63. The van der Waals surface area contributed by atoms with E-state index in [1.807, 2.05) is 66.6 Å². The van der Waals surface area contributed by atoms with Crippen molar-refractivity contribution in [2.75, 3.05) is 13.2 Å². The molecular formula is C21H20ClNO2. The Labute approximate surface area is 153 Å². The maximum atomic E-state index is 13.2. The fourth-order valence-electron chi connectivity index (χ4n) is 3.04. The van der Waals surface area contributed by atoms with Crippen LogP contribution in [-0.2, 0) is 4.79 Å². The van der Waals surface area contributed by atoms with Gasteiger partial charge < -0.3 is 9.64 Å². The lowest BCUT2D eigenvalue weighted by molar-refractivity contribution is -0.115. The Morgan fingerprint density at radius 1 is 1.28 bits per heavy atom. The summed E-state index contributed by atoms with van der Waals surface area (Å²) in [5.41, 5.74) is 2.33. The van der Waals surface area contributed by atoms with Gasteiger partial charge in [0.15, 0.2) is 5.78 Å². The Morgan fingerprint density at radius 3 is 2.80 bits per heavy atom. The molecule has 0 aromatic heterocycles. The van der Waals surface area contributed by atoms with E-state index in [0.717, 1.165) is 11.1 Å². The van der Waals surface area contributed by atoms with Crippen molar-refractivity contribution in [2.45, 2.75) is 12.8 Å². The zero-order valence-electron chi connectivity index (χ0n) is 14.1. The van der Waals surface area contributed by atoms with E-state index in [1.54, 1.807) is 6.20 Å². The maximum absolute atomic E-state index is 13.2. The van der Waals surface area contributed by atoms with E-state index in [0.29, 0.717) is 29.5 Å². The molecule has 0 radical (unpaired) electrons. The van der Waals surface area contributed by atoms with Crippen molar-refractivity contribution in [3.63, 3.8) is 0 Å². The van der Waals surface area contributed by atoms with E-state index in [4.69, 9.17) is 16.3 Å². The molecule has 3 nitrogen and oxygen atoms in total. The van der Waals surface area contributed by atoms with Gasteiger partial charge in [0.05, 0.1) is 12.5 Å². The highest BCUT2D eigenvalue weighted by Crippen LogP contribution is 2.36. The number of benzene rings is 2. The van der Waals surface area contributed by atoms with Crippen molar-refractivity contribution in [2.24, 2.45) is 0 Å². The number of hydrogen-bond donors (Lipinski definition) is 0. The Balaban J connectivity index is 2.05. The third-order valence-corrected chi connectivity index (χ3v) is 4.47. The van der Waals surface area contributed by atoms with E-state index in [9.17, 15) is 4.79 Å². The van der Waals surface area contributed by atoms with E-state index >= 15 is 0 Å². The second-order valence-electron chi connectivity index (χ2n) is 5.82. The molecule has 1 unspecified atom stereocenters. The Kier molecular flexibility index (Phi) is 5.25. The van der Waals surface area contributed by atoms with Crippen molar-refractivity contribution < 1.29 is 9.53 Å². The highest BCUT2D eigenvalue weighted by atomic mass is 35.5. The van der Waals surface area contributed by atoms with Crippen LogP contribution < -0.4 is 4.74 Å². The van der Waals surface area contributed by atoms with Crippen LogP contribution >= 0.6 is 11.6 Å². The highest BCUT2D eigenvalue weighted by Gasteiger charge is 2.31. The molecule has 0 spiro atoms. The normalized spacial score (nSPS) is 17.2. The van der Waals surface area contributed by atoms with Crippen LogP contribution in [0, 0.1) is 0 Å². The Morgan fingerprint density at radius 2 is 2.08 bits per heavy atom. The molecule has 0 fully saturated rings. The summed E-state index contributed by atoms with van der Waals surface area (Å²) in [6.07, 6.45) is 3.57. The number of hydrogen-bond acceptors (Lipinski definition) is 3. The van der Waals surface area contributed by atoms with Crippen molar-refractivity contribution in [1.82, 2.24) is 4.90 Å². The van der Waals surface area contributed by atoms with Gasteiger partial charge in [-0.15, -0.1) is 0 Å². The molecule has 0 saturated heterocycles. The number of para-hydroxylation sites is 1. The molecule has 25 heavy (non-hydrogen) atoms. The van der Waals surface area contributed by atoms with Gasteiger partial charge in [0.25, 0.3) is 0 Å². The van der Waals surface area contributed by atoms with E-state index < -0.39 is 0 Å². The minimum Gasteiger partial charge on any atom is -0.493 e. The van der Waals surface area contributed by atoms with E-state index in [1.165, 1.54) is 0 Å². The predicted molar refractivity (Wildman–Crippen MR) is 102 cm³/mol. The van der Waals surface area contributed by atoms with Gasteiger partial charge in [-0.25, -0.2) is 0 Å². The standard InChI is InChI=1S/C21H20ClNO2/c1-3-23-13-18(15-8-7-9-16(22)12-15)21(24)19(14-23)17-10-5-6-11-20(17)25-4-2/h3,5-12,14,18H,1,4,13H2,2H3. The van der Waals surface area contributed by atoms with Gasteiger partial charge >= 0.3 is 0 Å². The molecule has 0 bridgehead atoms. The summed E-state index contributed by atoms with van der Waals surface area (Å²) in [5.74, 6) is 0.472. The molecule has 1 atom stereocenters. The minimum absolute atomic E-state index is 0.0625. The number of ether oxygens (including phenoxy) is 1. The number of rotatable bonds is 5. The predicted octanol–water partition coefficient (Wildman–Crippen LogP) is 4.89. The first-order valence-electron chi connectivity index (χ1n) is 8.26. The van der Waals surface area contributed by atoms with Gasteiger partial charge in [0.2, 0.25) is 0 Å². The fraction of sp³-hybridized carbons (Fsp3) is 0.190. The maximum Gasteiger partial charge on any atom is 0.174 e. The molecule has 1 heterocycles. The molecule has 0 aliphatic carbocycles. The number of ketones is 1. The summed E-state index contributed by atoms with van der Waals surface area (Å²) in [6, 6.07) is 15.1. The third kappa shape index (κ3) is 3.62. The molecule has 128 valence electrons. The number of nitrogens with zero attached hydrogens (tertiary/aromatic N) is 1. The topological polar surface area (TPSA) is 29.5 Å². The minimum atomic E-state index is -0.300. The van der Waals surface area contributed by atoms with Crippen LogP contribution in [-0.4, -0.2) is 23.8 Å². The Hall–Kier alpha value is -2.52. The summed E-state index contributed by atoms with van der Waals surface area (Å²) in [6.45, 7) is 6.87. The first-order valence-corrected chi connectivity index (χ1v) is 8.63. The molecule has 0 amide bonds. The fourth-order valence-corrected chi connectivity index (χ4v) is 3.24. The van der Waals surface area contributed by atoms with E-state index in [2.05, 4.69) is 6.58 Å². The summed E-state index contributed by atoms with van der Waals surface area (Å²) < 4.78 is 5.71. The molecule has 2 aromatic rings. The first kappa shape index (κ1) is 17.3. The summed E-state index contributed by atoms with van der Waals surface area (Å²) in [7, 11) is 0. The number of carbonyl (C=O) groups is 1. The molecule has 4 heteroatoms. The SMILES string of the molecule is C=CN1C=C(c2ccccc2OCC)C(=O)C(c2cccc(Cl)c2)C1. The largest absolute Gasteiger partial charge is 0.493 e. The van der Waals surface area contributed by atoms with Gasteiger partial charge in [-0.2, -0.15) is 0 Å². The van der Waals surface area contributed by atoms with Gasteiger partial charge in [0, 0.05) is 28.9 Å². The summed E-state index contributed by atoms with van der Waals surface area (Å²) in [4.78, 5) is 15.2. The van der Waals surface area contributed by atoms with Crippen molar-refractivity contribution in [3.8, 4) is 5.75 Å². The highest BCUT2D eigenvalue weighted by molar-refractivity contribution is 6.30. The van der Waals surface area contributed by atoms with Crippen LogP contribution in [0.25, 0.3) is 5.57 Å². The van der Waals surface area contributed by atoms with Gasteiger partial charge in [-0.1, -0.05) is 48.5 Å². The number of Topliss-reactive ketones (excluding diaryl/α,β-unsaturated/α-hetero) is 1. The molecule has 3 rings (SSSR count). The quantitative estimate of drug-likeness (QED) is 0.766. The second kappa shape index (κ2) is 7.58. The molecule has 0 saturated carbocycles. The number of carbonyl (C=O) groups excluding carboxylic acids is 1. The van der Waals surface area contributed by atoms with Crippen LogP contribution in [0.4, 0.5) is 0 Å². The lowest BCUT2D eigenvalue weighted by Gasteiger charge is -2.30. The molecule has 1 aliphatic heterocycles. The third-order valence-electron chi connectivity index (χ3n) is 4.23. The molecular weight excluding hydrogens is 334 g/mol. The lowest BCUT2D eigenvalue weighted by atomic mass is 9.85. The zero-order chi connectivity index (χ0) is 17.8. The number of allylic oxidation sites excluding steroid dienone is 1. The second-order valence-corrected chi connectivity index (χ2v) is 6.26. The van der Waals surface area contributed by atoms with Gasteiger partial charge in [0.1, 0.15) is 5.75 Å². The summed E-state index contributed by atoms with van der Waals surface area (Å²) >= 11 is 6.12. The van der Waals surface area contributed by atoms with Gasteiger partial charge in [-0.3, -0.25) is 4.79 Å². The van der Waals surface area contributed by atoms with Crippen LogP contribution in [0.3, 0.4) is 0 Å². The Bertz CT molecular complexity index is 828. The van der Waals surface area contributed by atoms with Crippen molar-refractivity contribution in [3.05, 3.63) is 83.7 Å². The van der Waals surface area contributed by atoms with Crippen molar-refractivity contribution >= 4 is 23.0 Å². The molecule has 2 aromatic carbocycles.